The fourth-order valence-electron chi connectivity index (χ4n) is 3.42. The molecule has 0 bridgehead atoms. The molecule has 146 valence electrons. The van der Waals surface area contributed by atoms with Gasteiger partial charge in [-0.05, 0) is 41.8 Å². The number of carbonyl (C=O) groups is 2. The summed E-state index contributed by atoms with van der Waals surface area (Å²) in [7, 11) is 0. The third-order valence-corrected chi connectivity index (χ3v) is 5.91. The van der Waals surface area contributed by atoms with Crippen molar-refractivity contribution in [1.82, 2.24) is 4.90 Å². The van der Waals surface area contributed by atoms with Crippen molar-refractivity contribution < 1.29 is 19.8 Å². The summed E-state index contributed by atoms with van der Waals surface area (Å²) in [6.45, 7) is 0.193. The highest BCUT2D eigenvalue weighted by Gasteiger charge is 2.47. The second kappa shape index (κ2) is 7.73. The number of para-hydroxylation sites is 1. The summed E-state index contributed by atoms with van der Waals surface area (Å²) in [6.07, 6.45) is 0. The molecule has 0 saturated carbocycles. The van der Waals surface area contributed by atoms with E-state index in [0.29, 0.717) is 16.1 Å². The molecular formula is C22H16ClNO4S. The highest BCUT2D eigenvalue weighted by Crippen LogP contribution is 2.43. The largest absolute Gasteiger partial charge is 0.508 e. The zero-order chi connectivity index (χ0) is 20.5. The van der Waals surface area contributed by atoms with Gasteiger partial charge in [0.05, 0.1) is 18.2 Å². The molecule has 1 fully saturated rings. The predicted octanol–water partition coefficient (Wildman–Crippen LogP) is 4.73. The first-order chi connectivity index (χ1) is 14.0. The lowest BCUT2D eigenvalue weighted by Crippen LogP contribution is -2.28. The zero-order valence-electron chi connectivity index (χ0n) is 15.1. The minimum Gasteiger partial charge on any atom is -0.508 e. The predicted molar refractivity (Wildman–Crippen MR) is 112 cm³/mol. The van der Waals surface area contributed by atoms with Gasteiger partial charge in [-0.25, -0.2) is 0 Å². The van der Waals surface area contributed by atoms with Gasteiger partial charge in [-0.1, -0.05) is 35.9 Å². The minimum atomic E-state index is -0.908. The summed E-state index contributed by atoms with van der Waals surface area (Å²) >= 11 is 7.38. The molecular weight excluding hydrogens is 410 g/mol. The van der Waals surface area contributed by atoms with E-state index in [1.807, 2.05) is 17.5 Å². The van der Waals surface area contributed by atoms with E-state index in [1.165, 1.54) is 22.3 Å². The first kappa shape index (κ1) is 19.2. The van der Waals surface area contributed by atoms with Gasteiger partial charge in [0.15, 0.2) is 0 Å². The van der Waals surface area contributed by atoms with Gasteiger partial charge < -0.3 is 15.1 Å². The third kappa shape index (κ3) is 3.52. The van der Waals surface area contributed by atoms with Gasteiger partial charge in [-0.2, -0.15) is 0 Å². The SMILES string of the molecule is O=C1C(=O)N(Cc2cccs2)C(c2ccccc2O)/C1=C(\O)c1ccc(Cl)cc1. The Bertz CT molecular complexity index is 1110. The van der Waals surface area contributed by atoms with Crippen molar-refractivity contribution in [1.29, 1.82) is 0 Å². The molecule has 3 aromatic rings. The highest BCUT2D eigenvalue weighted by molar-refractivity contribution is 7.09. The summed E-state index contributed by atoms with van der Waals surface area (Å²) in [6, 6.07) is 15.6. The standard InChI is InChI=1S/C22H16ClNO4S/c23-14-9-7-13(8-10-14)20(26)18-19(16-5-1-2-6-17(16)25)24(22(28)21(18)27)12-15-4-3-11-29-15/h1-11,19,25-26H,12H2/b20-18+. The van der Waals surface area contributed by atoms with Crippen LogP contribution >= 0.6 is 22.9 Å². The number of amides is 1. The molecule has 0 radical (unpaired) electrons. The van der Waals surface area contributed by atoms with Crippen molar-refractivity contribution in [2.24, 2.45) is 0 Å². The Kier molecular flexibility index (Phi) is 5.13. The second-order valence-electron chi connectivity index (χ2n) is 6.57. The van der Waals surface area contributed by atoms with Crippen LogP contribution in [0.3, 0.4) is 0 Å². The molecule has 1 atom stereocenters. The number of nitrogens with zero attached hydrogens (tertiary/aromatic N) is 1. The zero-order valence-corrected chi connectivity index (χ0v) is 16.7. The summed E-state index contributed by atoms with van der Waals surface area (Å²) < 4.78 is 0. The molecule has 0 aliphatic carbocycles. The van der Waals surface area contributed by atoms with E-state index in [4.69, 9.17) is 11.6 Å². The summed E-state index contributed by atoms with van der Waals surface area (Å²) in [5.41, 5.74) is 0.679. The number of hydrogen-bond acceptors (Lipinski definition) is 5. The van der Waals surface area contributed by atoms with Crippen LogP contribution in [0.1, 0.15) is 22.0 Å². The first-order valence-electron chi connectivity index (χ1n) is 8.82. The molecule has 1 amide bonds. The Morgan fingerprint density at radius 3 is 2.41 bits per heavy atom. The third-order valence-electron chi connectivity index (χ3n) is 4.80. The molecule has 1 saturated heterocycles. The molecule has 29 heavy (non-hydrogen) atoms. The van der Waals surface area contributed by atoms with E-state index >= 15 is 0 Å². The molecule has 2 N–H and O–H groups in total. The molecule has 7 heteroatoms. The minimum absolute atomic E-state index is 0.0578. The van der Waals surface area contributed by atoms with Crippen LogP contribution in [0.15, 0.2) is 71.6 Å². The number of carbonyl (C=O) groups excluding carboxylic acids is 2. The molecule has 1 aromatic heterocycles. The topological polar surface area (TPSA) is 77.8 Å². The Labute approximate surface area is 176 Å². The maximum absolute atomic E-state index is 12.9. The number of aliphatic hydroxyl groups is 1. The Hall–Kier alpha value is -3.09. The van der Waals surface area contributed by atoms with Crippen LogP contribution in [0.2, 0.25) is 5.02 Å². The molecule has 0 spiro atoms. The first-order valence-corrected chi connectivity index (χ1v) is 10.1. The van der Waals surface area contributed by atoms with Crippen molar-refractivity contribution in [2.75, 3.05) is 0 Å². The van der Waals surface area contributed by atoms with Crippen LogP contribution in [0.25, 0.3) is 5.76 Å². The van der Waals surface area contributed by atoms with E-state index in [1.54, 1.807) is 42.5 Å². The van der Waals surface area contributed by atoms with Crippen molar-refractivity contribution in [3.63, 3.8) is 0 Å². The van der Waals surface area contributed by atoms with Crippen molar-refractivity contribution in [3.05, 3.63) is 92.6 Å². The summed E-state index contributed by atoms with van der Waals surface area (Å²) in [5.74, 6) is -1.87. The molecule has 4 rings (SSSR count). The Balaban J connectivity index is 1.89. The molecule has 1 unspecified atom stereocenters. The number of thiophene rings is 1. The summed E-state index contributed by atoms with van der Waals surface area (Å²) in [4.78, 5) is 28.0. The molecule has 2 heterocycles. The monoisotopic (exact) mass is 425 g/mol. The van der Waals surface area contributed by atoms with Gasteiger partial charge in [0, 0.05) is 21.0 Å². The van der Waals surface area contributed by atoms with Crippen LogP contribution in [-0.4, -0.2) is 26.8 Å². The number of hydrogen-bond donors (Lipinski definition) is 2. The van der Waals surface area contributed by atoms with Crippen LogP contribution in [0, 0.1) is 0 Å². The lowest BCUT2D eigenvalue weighted by molar-refractivity contribution is -0.140. The smallest absolute Gasteiger partial charge is 0.295 e. The molecule has 2 aromatic carbocycles. The van der Waals surface area contributed by atoms with Crippen molar-refractivity contribution in [2.45, 2.75) is 12.6 Å². The Morgan fingerprint density at radius 2 is 1.76 bits per heavy atom. The maximum Gasteiger partial charge on any atom is 0.295 e. The van der Waals surface area contributed by atoms with Crippen LogP contribution in [0.5, 0.6) is 5.75 Å². The number of aliphatic hydroxyl groups excluding tert-OH is 1. The van der Waals surface area contributed by atoms with Crippen LogP contribution in [-0.2, 0) is 16.1 Å². The number of phenolic OH excluding ortho intramolecular Hbond substituents is 1. The van der Waals surface area contributed by atoms with E-state index in [2.05, 4.69) is 0 Å². The fourth-order valence-corrected chi connectivity index (χ4v) is 4.25. The molecule has 1 aliphatic heterocycles. The average Bonchev–Trinajstić information content (AvgIpc) is 3.31. The number of aromatic hydroxyl groups is 1. The number of rotatable bonds is 4. The highest BCUT2D eigenvalue weighted by atomic mass is 35.5. The number of Topliss-reactive ketones (excluding diaryl/α,β-unsaturated/α-hetero) is 1. The molecule has 5 nitrogen and oxygen atoms in total. The average molecular weight is 426 g/mol. The normalized spacial score (nSPS) is 18.4. The van der Waals surface area contributed by atoms with Gasteiger partial charge in [0.25, 0.3) is 11.7 Å². The Morgan fingerprint density at radius 1 is 1.03 bits per heavy atom. The fraction of sp³-hybridized carbons (Fsp3) is 0.0909. The lowest BCUT2D eigenvalue weighted by Gasteiger charge is -2.25. The van der Waals surface area contributed by atoms with Gasteiger partial charge in [-0.15, -0.1) is 11.3 Å². The van der Waals surface area contributed by atoms with Gasteiger partial charge in [-0.3, -0.25) is 9.59 Å². The second-order valence-corrected chi connectivity index (χ2v) is 8.04. The number of phenols is 1. The van der Waals surface area contributed by atoms with Gasteiger partial charge in [0.2, 0.25) is 0 Å². The van der Waals surface area contributed by atoms with Crippen molar-refractivity contribution in [3.8, 4) is 5.75 Å². The number of benzene rings is 2. The van der Waals surface area contributed by atoms with Gasteiger partial charge in [0.1, 0.15) is 11.5 Å². The van der Waals surface area contributed by atoms with Crippen molar-refractivity contribution >= 4 is 40.4 Å². The number of likely N-dealkylation sites (tertiary alicyclic amines) is 1. The van der Waals surface area contributed by atoms with E-state index in [9.17, 15) is 19.8 Å². The lowest BCUT2D eigenvalue weighted by atomic mass is 9.94. The van der Waals surface area contributed by atoms with Gasteiger partial charge >= 0.3 is 0 Å². The number of ketones is 1. The van der Waals surface area contributed by atoms with Crippen LogP contribution < -0.4 is 0 Å². The maximum atomic E-state index is 12.9. The number of halogens is 1. The summed E-state index contributed by atoms with van der Waals surface area (Å²) in [5, 5.41) is 23.7. The van der Waals surface area contributed by atoms with E-state index in [-0.39, 0.29) is 23.6 Å². The molecule has 1 aliphatic rings. The van der Waals surface area contributed by atoms with E-state index in [0.717, 1.165) is 4.88 Å². The van der Waals surface area contributed by atoms with Crippen LogP contribution in [0.4, 0.5) is 0 Å². The van der Waals surface area contributed by atoms with E-state index < -0.39 is 17.7 Å². The quantitative estimate of drug-likeness (QED) is 0.360.